The van der Waals surface area contributed by atoms with Crippen LogP contribution >= 0.6 is 27.3 Å². The lowest BCUT2D eigenvalue weighted by atomic mass is 9.97. The van der Waals surface area contributed by atoms with Gasteiger partial charge in [0.15, 0.2) is 10.6 Å². The quantitative estimate of drug-likeness (QED) is 0.354. The van der Waals surface area contributed by atoms with Crippen LogP contribution in [0.5, 0.6) is 11.5 Å². The predicted molar refractivity (Wildman–Crippen MR) is 130 cm³/mol. The molecule has 4 aromatic rings. The molecule has 0 saturated carbocycles. The minimum atomic E-state index is -0.790. The average Bonchev–Trinajstić information content (AvgIpc) is 3.29. The summed E-state index contributed by atoms with van der Waals surface area (Å²) in [7, 11) is 3.11. The molecule has 1 atom stereocenters. The van der Waals surface area contributed by atoms with Crippen molar-refractivity contribution < 1.29 is 18.7 Å². The summed E-state index contributed by atoms with van der Waals surface area (Å²) in [5.41, 5.74) is 1.76. The summed E-state index contributed by atoms with van der Waals surface area (Å²) < 4.78 is 17.8. The van der Waals surface area contributed by atoms with Gasteiger partial charge in [-0.1, -0.05) is 15.9 Å². The van der Waals surface area contributed by atoms with Crippen molar-refractivity contribution in [1.82, 2.24) is 4.98 Å². The monoisotopic (exact) mass is 526 g/mol. The number of thiazole rings is 1. The number of halogens is 1. The second-order valence-corrected chi connectivity index (χ2v) is 9.74. The lowest BCUT2D eigenvalue weighted by Crippen LogP contribution is -2.29. The summed E-state index contributed by atoms with van der Waals surface area (Å²) in [6, 6.07) is 9.65. The van der Waals surface area contributed by atoms with Crippen LogP contribution in [0.1, 0.15) is 38.3 Å². The SMILES string of the molecule is COc1ccc(OC)c([C@H]2c3c(oc4ccc(Br)cc4c3=O)C(=O)N2c2nc(C)c(C)s2)c1. The lowest BCUT2D eigenvalue weighted by molar-refractivity contribution is 0.0970. The maximum Gasteiger partial charge on any atom is 0.297 e. The Hall–Kier alpha value is -3.17. The maximum absolute atomic E-state index is 13.8. The number of benzene rings is 2. The number of fused-ring (bicyclic) bond motifs is 2. The number of hydrogen-bond acceptors (Lipinski definition) is 7. The Kier molecular flexibility index (Phi) is 5.25. The van der Waals surface area contributed by atoms with Crippen molar-refractivity contribution in [3.8, 4) is 11.5 Å². The first-order chi connectivity index (χ1) is 15.8. The molecule has 0 saturated heterocycles. The molecular formula is C24H19BrN2O5S. The van der Waals surface area contributed by atoms with Gasteiger partial charge in [-0.2, -0.15) is 0 Å². The molecule has 3 heterocycles. The average molecular weight is 527 g/mol. The fourth-order valence-corrected chi connectivity index (χ4v) is 5.35. The largest absolute Gasteiger partial charge is 0.497 e. The highest BCUT2D eigenvalue weighted by Gasteiger charge is 2.46. The third-order valence-electron chi connectivity index (χ3n) is 5.79. The second-order valence-electron chi connectivity index (χ2n) is 7.64. The van der Waals surface area contributed by atoms with E-state index in [4.69, 9.17) is 13.9 Å². The van der Waals surface area contributed by atoms with Crippen molar-refractivity contribution in [3.63, 3.8) is 0 Å². The van der Waals surface area contributed by atoms with Crippen molar-refractivity contribution in [2.45, 2.75) is 19.9 Å². The Morgan fingerprint density at radius 1 is 1.09 bits per heavy atom. The van der Waals surface area contributed by atoms with Gasteiger partial charge in [0, 0.05) is 14.9 Å². The molecule has 0 bridgehead atoms. The third-order valence-corrected chi connectivity index (χ3v) is 7.35. The standard InChI is InChI=1S/C24H19BrN2O5S/c1-11-12(2)33-24(26-11)27-20(15-10-14(30-3)6-8-17(15)31-4)19-21(28)16-9-13(25)5-7-18(16)32-22(19)23(27)29/h5-10,20H,1-4H3/t20-/m0/s1. The van der Waals surface area contributed by atoms with Gasteiger partial charge in [0.1, 0.15) is 23.1 Å². The summed E-state index contributed by atoms with van der Waals surface area (Å²) in [6.45, 7) is 3.83. The van der Waals surface area contributed by atoms with Gasteiger partial charge in [-0.05, 0) is 50.2 Å². The minimum Gasteiger partial charge on any atom is -0.497 e. The van der Waals surface area contributed by atoms with Gasteiger partial charge in [-0.15, -0.1) is 11.3 Å². The molecule has 168 valence electrons. The van der Waals surface area contributed by atoms with E-state index in [1.165, 1.54) is 16.2 Å². The predicted octanol–water partition coefficient (Wildman–Crippen LogP) is 5.40. The number of aryl methyl sites for hydroxylation is 2. The topological polar surface area (TPSA) is 81.9 Å². The van der Waals surface area contributed by atoms with Crippen molar-refractivity contribution in [1.29, 1.82) is 0 Å². The van der Waals surface area contributed by atoms with Crippen LogP contribution in [0.15, 0.2) is 50.1 Å². The molecule has 1 aliphatic heterocycles. The van der Waals surface area contributed by atoms with E-state index in [9.17, 15) is 9.59 Å². The van der Waals surface area contributed by atoms with Crippen LogP contribution < -0.4 is 19.8 Å². The van der Waals surface area contributed by atoms with Gasteiger partial charge < -0.3 is 13.9 Å². The molecule has 1 aliphatic rings. The van der Waals surface area contributed by atoms with E-state index in [0.717, 1.165) is 15.0 Å². The maximum atomic E-state index is 13.8. The van der Waals surface area contributed by atoms with Crippen LogP contribution in [-0.2, 0) is 0 Å². The highest BCUT2D eigenvalue weighted by atomic mass is 79.9. The van der Waals surface area contributed by atoms with Gasteiger partial charge in [0.2, 0.25) is 5.76 Å². The summed E-state index contributed by atoms with van der Waals surface area (Å²) in [4.78, 5) is 34.6. The van der Waals surface area contributed by atoms with Crippen LogP contribution in [0.3, 0.4) is 0 Å². The highest BCUT2D eigenvalue weighted by Crippen LogP contribution is 2.46. The molecule has 33 heavy (non-hydrogen) atoms. The van der Waals surface area contributed by atoms with E-state index in [-0.39, 0.29) is 16.8 Å². The van der Waals surface area contributed by atoms with Crippen molar-refractivity contribution in [2.75, 3.05) is 19.1 Å². The Bertz CT molecular complexity index is 1470. The molecule has 2 aromatic heterocycles. The number of carbonyl (C=O) groups excluding carboxylic acids is 1. The van der Waals surface area contributed by atoms with Gasteiger partial charge in [-0.25, -0.2) is 4.98 Å². The number of amides is 1. The van der Waals surface area contributed by atoms with Crippen molar-refractivity contribution in [3.05, 3.63) is 78.6 Å². The molecule has 7 nitrogen and oxygen atoms in total. The van der Waals surface area contributed by atoms with E-state index in [2.05, 4.69) is 20.9 Å². The third kappa shape index (κ3) is 3.34. The molecule has 0 spiro atoms. The summed E-state index contributed by atoms with van der Waals surface area (Å²) in [5.74, 6) is 0.682. The van der Waals surface area contributed by atoms with Crippen LogP contribution in [0, 0.1) is 13.8 Å². The van der Waals surface area contributed by atoms with Crippen LogP contribution in [0.4, 0.5) is 5.13 Å². The number of ether oxygens (including phenoxy) is 2. The Morgan fingerprint density at radius 3 is 2.55 bits per heavy atom. The van der Waals surface area contributed by atoms with E-state index >= 15 is 0 Å². The summed E-state index contributed by atoms with van der Waals surface area (Å²) in [5, 5.41) is 0.872. The first-order valence-electron chi connectivity index (χ1n) is 10.1. The molecule has 5 rings (SSSR count). The summed E-state index contributed by atoms with van der Waals surface area (Å²) >= 11 is 4.81. The second kappa shape index (κ2) is 8.00. The first-order valence-corrected chi connectivity index (χ1v) is 11.7. The molecule has 0 unspecified atom stereocenters. The molecule has 0 radical (unpaired) electrons. The molecule has 9 heteroatoms. The number of anilines is 1. The molecule has 0 N–H and O–H groups in total. The zero-order valence-electron chi connectivity index (χ0n) is 18.3. The zero-order chi connectivity index (χ0) is 23.4. The van der Waals surface area contributed by atoms with E-state index in [0.29, 0.717) is 33.2 Å². The van der Waals surface area contributed by atoms with Gasteiger partial charge in [-0.3, -0.25) is 14.5 Å². The van der Waals surface area contributed by atoms with E-state index < -0.39 is 11.9 Å². The highest BCUT2D eigenvalue weighted by molar-refractivity contribution is 9.10. The number of hydrogen-bond donors (Lipinski definition) is 0. The van der Waals surface area contributed by atoms with Gasteiger partial charge in [0.05, 0.1) is 30.9 Å². The number of methoxy groups -OCH3 is 2. The molecule has 2 aromatic carbocycles. The van der Waals surface area contributed by atoms with E-state index in [1.54, 1.807) is 50.6 Å². The Morgan fingerprint density at radius 2 is 1.88 bits per heavy atom. The minimum absolute atomic E-state index is 0.00945. The summed E-state index contributed by atoms with van der Waals surface area (Å²) in [6.07, 6.45) is 0. The molecule has 0 aliphatic carbocycles. The smallest absolute Gasteiger partial charge is 0.297 e. The van der Waals surface area contributed by atoms with E-state index in [1.807, 2.05) is 13.8 Å². The van der Waals surface area contributed by atoms with Crippen molar-refractivity contribution >= 4 is 49.3 Å². The Labute approximate surface area is 201 Å². The fourth-order valence-electron chi connectivity index (χ4n) is 4.05. The first kappa shape index (κ1) is 21.7. The lowest BCUT2D eigenvalue weighted by Gasteiger charge is -2.24. The van der Waals surface area contributed by atoms with Crippen LogP contribution in [0.25, 0.3) is 11.0 Å². The molecule has 0 fully saturated rings. The Balaban J connectivity index is 1.86. The number of carbonyl (C=O) groups is 1. The van der Waals surface area contributed by atoms with Crippen LogP contribution in [-0.4, -0.2) is 25.1 Å². The molecular weight excluding hydrogens is 508 g/mol. The van der Waals surface area contributed by atoms with Gasteiger partial charge in [0.25, 0.3) is 5.91 Å². The van der Waals surface area contributed by atoms with Gasteiger partial charge >= 0.3 is 0 Å². The normalized spacial score (nSPS) is 15.2. The number of rotatable bonds is 4. The number of nitrogens with zero attached hydrogens (tertiary/aromatic N) is 2. The van der Waals surface area contributed by atoms with Crippen LogP contribution in [0.2, 0.25) is 0 Å². The zero-order valence-corrected chi connectivity index (χ0v) is 20.7. The van der Waals surface area contributed by atoms with Crippen molar-refractivity contribution in [2.24, 2.45) is 0 Å². The molecule has 1 amide bonds. The number of aromatic nitrogens is 1. The fraction of sp³-hybridized carbons (Fsp3) is 0.208.